The van der Waals surface area contributed by atoms with Gasteiger partial charge in [-0.15, -0.1) is 0 Å². The molecule has 156 valence electrons. The lowest BCUT2D eigenvalue weighted by Crippen LogP contribution is -2.56. The largest absolute Gasteiger partial charge is 0.395 e. The van der Waals surface area contributed by atoms with Crippen molar-refractivity contribution < 1.29 is 30.6 Å². The maximum atomic E-state index is 10.00. The van der Waals surface area contributed by atoms with Crippen LogP contribution in [0.2, 0.25) is 0 Å². The molecule has 1 aliphatic rings. The summed E-state index contributed by atoms with van der Waals surface area (Å²) in [7, 11) is 0. The molecule has 0 aliphatic carbocycles. The molecule has 26 heavy (non-hydrogen) atoms. The van der Waals surface area contributed by atoms with Crippen LogP contribution < -0.4 is 10.6 Å². The Balaban J connectivity index is 2.86. The number of aliphatic hydroxyl groups excluding tert-OH is 6. The molecule has 10 nitrogen and oxygen atoms in total. The average Bonchev–Trinajstić information content (AvgIpc) is 2.65. The zero-order valence-corrected chi connectivity index (χ0v) is 15.4. The molecule has 0 spiro atoms. The van der Waals surface area contributed by atoms with Crippen LogP contribution in [0, 0.1) is 0 Å². The van der Waals surface area contributed by atoms with Gasteiger partial charge in [-0.1, -0.05) is 0 Å². The molecule has 1 heterocycles. The third kappa shape index (κ3) is 7.69. The molecule has 0 aromatic rings. The van der Waals surface area contributed by atoms with Crippen LogP contribution in [0.5, 0.6) is 0 Å². The molecule has 1 aliphatic heterocycles. The van der Waals surface area contributed by atoms with E-state index >= 15 is 0 Å². The second kappa shape index (κ2) is 13.7. The van der Waals surface area contributed by atoms with Crippen LogP contribution in [0.25, 0.3) is 0 Å². The zero-order valence-electron chi connectivity index (χ0n) is 15.4. The van der Waals surface area contributed by atoms with Gasteiger partial charge in [0.05, 0.1) is 50.7 Å². The van der Waals surface area contributed by atoms with Crippen molar-refractivity contribution in [3.8, 4) is 0 Å². The van der Waals surface area contributed by atoms with E-state index in [4.69, 9.17) is 0 Å². The van der Waals surface area contributed by atoms with Gasteiger partial charge in [0, 0.05) is 52.4 Å². The van der Waals surface area contributed by atoms with E-state index < -0.39 is 37.5 Å². The van der Waals surface area contributed by atoms with Gasteiger partial charge in [-0.05, 0) is 0 Å². The highest BCUT2D eigenvalue weighted by Crippen LogP contribution is 2.09. The minimum atomic E-state index is -1.06. The summed E-state index contributed by atoms with van der Waals surface area (Å²) < 4.78 is 0. The van der Waals surface area contributed by atoms with E-state index in [1.165, 1.54) is 0 Å². The van der Waals surface area contributed by atoms with Crippen LogP contribution in [-0.4, -0.2) is 144 Å². The van der Waals surface area contributed by atoms with Gasteiger partial charge in [-0.25, -0.2) is 0 Å². The lowest BCUT2D eigenvalue weighted by atomic mass is 10.1. The fourth-order valence-electron chi connectivity index (χ4n) is 3.22. The first-order valence-corrected chi connectivity index (χ1v) is 9.28. The summed E-state index contributed by atoms with van der Waals surface area (Å²) in [5, 5.41) is 64.3. The number of aliphatic hydroxyl groups is 6. The molecule has 4 atom stereocenters. The van der Waals surface area contributed by atoms with Gasteiger partial charge in [-0.2, -0.15) is 0 Å². The van der Waals surface area contributed by atoms with Crippen molar-refractivity contribution in [3.63, 3.8) is 0 Å². The molecular weight excluding hydrogens is 344 g/mol. The average molecular weight is 380 g/mol. The van der Waals surface area contributed by atoms with Gasteiger partial charge in [0.15, 0.2) is 0 Å². The van der Waals surface area contributed by atoms with Crippen molar-refractivity contribution in [2.45, 2.75) is 24.3 Å². The summed E-state index contributed by atoms with van der Waals surface area (Å²) in [6.07, 6.45) is -2.11. The van der Waals surface area contributed by atoms with Crippen molar-refractivity contribution in [1.82, 2.24) is 20.4 Å². The van der Waals surface area contributed by atoms with Gasteiger partial charge < -0.3 is 41.3 Å². The van der Waals surface area contributed by atoms with Gasteiger partial charge >= 0.3 is 0 Å². The first-order valence-electron chi connectivity index (χ1n) is 9.28. The van der Waals surface area contributed by atoms with E-state index in [2.05, 4.69) is 10.6 Å². The van der Waals surface area contributed by atoms with Crippen molar-refractivity contribution in [1.29, 1.82) is 0 Å². The van der Waals surface area contributed by atoms with Crippen LogP contribution >= 0.6 is 0 Å². The van der Waals surface area contributed by atoms with Crippen LogP contribution in [0.1, 0.15) is 0 Å². The van der Waals surface area contributed by atoms with Crippen LogP contribution in [0.3, 0.4) is 0 Å². The van der Waals surface area contributed by atoms with E-state index in [-0.39, 0.29) is 13.2 Å². The second-order valence-electron chi connectivity index (χ2n) is 6.57. The molecule has 4 unspecified atom stereocenters. The first-order chi connectivity index (χ1) is 12.6. The molecule has 0 bridgehead atoms. The monoisotopic (exact) mass is 380 g/mol. The molecule has 0 aromatic heterocycles. The molecular formula is C16H36N4O6. The lowest BCUT2D eigenvalue weighted by molar-refractivity contribution is -0.0332. The predicted molar refractivity (Wildman–Crippen MR) is 96.8 cm³/mol. The van der Waals surface area contributed by atoms with Gasteiger partial charge in [0.1, 0.15) is 0 Å². The fraction of sp³-hybridized carbons (Fsp3) is 1.00. The van der Waals surface area contributed by atoms with E-state index in [0.29, 0.717) is 39.3 Å². The molecule has 8 N–H and O–H groups in total. The van der Waals surface area contributed by atoms with Crippen LogP contribution in [0.15, 0.2) is 0 Å². The molecule has 0 saturated carbocycles. The Morgan fingerprint density at radius 3 is 1.27 bits per heavy atom. The lowest BCUT2D eigenvalue weighted by Gasteiger charge is -2.38. The fourth-order valence-corrected chi connectivity index (χ4v) is 3.22. The number of rotatable bonds is 8. The standard InChI is InChI=1S/C16H36N4O6/c21-9-13(15(25)11-23)19-5-3-17-1-2-18-4-6-20(8-7-19)14(10-22)16(26)12-24/h13-18,21-26H,1-12H2. The summed E-state index contributed by atoms with van der Waals surface area (Å²) in [6, 6.07) is -1.19. The Bertz CT molecular complexity index is 323. The summed E-state index contributed by atoms with van der Waals surface area (Å²) in [6.45, 7) is 3.50. The van der Waals surface area contributed by atoms with Crippen LogP contribution in [-0.2, 0) is 0 Å². The van der Waals surface area contributed by atoms with E-state index in [1.54, 1.807) is 0 Å². The van der Waals surface area contributed by atoms with E-state index in [0.717, 1.165) is 13.1 Å². The number of hydrogen-bond acceptors (Lipinski definition) is 10. The Morgan fingerprint density at radius 2 is 0.962 bits per heavy atom. The van der Waals surface area contributed by atoms with Crippen molar-refractivity contribution in [3.05, 3.63) is 0 Å². The number of nitrogens with zero attached hydrogens (tertiary/aromatic N) is 2. The Labute approximate surface area is 155 Å². The molecule has 1 fully saturated rings. The van der Waals surface area contributed by atoms with Crippen molar-refractivity contribution in [2.75, 3.05) is 78.8 Å². The number of nitrogens with one attached hydrogen (secondary N) is 2. The third-order valence-corrected chi connectivity index (χ3v) is 4.88. The van der Waals surface area contributed by atoms with Crippen LogP contribution in [0.4, 0.5) is 0 Å². The highest BCUT2D eigenvalue weighted by Gasteiger charge is 2.28. The third-order valence-electron chi connectivity index (χ3n) is 4.88. The summed E-state index contributed by atoms with van der Waals surface area (Å²) in [5.41, 5.74) is 0. The molecule has 1 saturated heterocycles. The predicted octanol–water partition coefficient (Wildman–Crippen LogP) is -4.79. The Morgan fingerprint density at radius 1 is 0.577 bits per heavy atom. The van der Waals surface area contributed by atoms with E-state index in [9.17, 15) is 30.6 Å². The molecule has 0 aromatic carbocycles. The molecule has 0 radical (unpaired) electrons. The van der Waals surface area contributed by atoms with Gasteiger partial charge in [0.2, 0.25) is 0 Å². The summed E-state index contributed by atoms with van der Waals surface area (Å²) in [5.74, 6) is 0. The quantitative estimate of drug-likeness (QED) is 0.206. The topological polar surface area (TPSA) is 152 Å². The maximum absolute atomic E-state index is 10.00. The minimum absolute atomic E-state index is 0.286. The smallest absolute Gasteiger partial charge is 0.0947 e. The maximum Gasteiger partial charge on any atom is 0.0947 e. The molecule has 0 amide bonds. The number of hydrogen-bond donors (Lipinski definition) is 8. The van der Waals surface area contributed by atoms with E-state index in [1.807, 2.05) is 9.80 Å². The zero-order chi connectivity index (χ0) is 19.4. The Kier molecular flexibility index (Phi) is 12.5. The highest BCUT2D eigenvalue weighted by molar-refractivity contribution is 4.83. The summed E-state index contributed by atoms with van der Waals surface area (Å²) >= 11 is 0. The Hall–Kier alpha value is -0.400. The van der Waals surface area contributed by atoms with Crippen molar-refractivity contribution >= 4 is 0 Å². The second-order valence-corrected chi connectivity index (χ2v) is 6.57. The molecule has 10 heteroatoms. The first kappa shape index (κ1) is 23.6. The van der Waals surface area contributed by atoms with Gasteiger partial charge in [-0.3, -0.25) is 9.80 Å². The molecule has 1 rings (SSSR count). The SMILES string of the molecule is OCC(O)C(CO)N1CCNCCNCCN(C(CO)C(O)CO)CC1. The van der Waals surface area contributed by atoms with Crippen molar-refractivity contribution in [2.24, 2.45) is 0 Å². The van der Waals surface area contributed by atoms with Gasteiger partial charge in [0.25, 0.3) is 0 Å². The highest BCUT2D eigenvalue weighted by atomic mass is 16.3. The normalized spacial score (nSPS) is 24.2. The minimum Gasteiger partial charge on any atom is -0.395 e. The summed E-state index contributed by atoms with van der Waals surface area (Å²) in [4.78, 5) is 3.80.